The molecule has 0 radical (unpaired) electrons. The molecular formula is C21H20ClN3O2S. The van der Waals surface area contributed by atoms with Crippen LogP contribution in [0.1, 0.15) is 17.4 Å². The highest BCUT2D eigenvalue weighted by molar-refractivity contribution is 7.16. The molecule has 3 aromatic rings. The standard InChI is InChI=1S/C21H20ClN3O2S/c1-21(16-8-7-14-5-3-4-6-15(14)11-16)19(26)25(20(27)23-21)13-24(2)12-17-9-10-18(22)28-17/h3-11H,12-13H2,1-2H3,(H,23,27)/t21-/m0/s1. The smallest absolute Gasteiger partial charge is 0.319 e. The van der Waals surface area contributed by atoms with Gasteiger partial charge in [0.05, 0.1) is 11.0 Å². The van der Waals surface area contributed by atoms with Crippen molar-refractivity contribution < 1.29 is 9.59 Å². The Morgan fingerprint density at radius 1 is 1.11 bits per heavy atom. The van der Waals surface area contributed by atoms with E-state index in [0.717, 1.165) is 25.5 Å². The van der Waals surface area contributed by atoms with Crippen molar-refractivity contribution in [2.75, 3.05) is 13.7 Å². The second-order valence-corrected chi connectivity index (χ2v) is 9.01. The SMILES string of the molecule is CN(Cc1ccc(Cl)s1)CN1C(=O)N[C@@](C)(c2ccc3ccccc3c2)C1=O. The van der Waals surface area contributed by atoms with Crippen LogP contribution in [-0.2, 0) is 16.9 Å². The summed E-state index contributed by atoms with van der Waals surface area (Å²) in [4.78, 5) is 30.0. The molecule has 2 aromatic carbocycles. The summed E-state index contributed by atoms with van der Waals surface area (Å²) in [5, 5.41) is 5.01. The lowest BCUT2D eigenvalue weighted by Gasteiger charge is -2.25. The minimum atomic E-state index is -1.08. The average Bonchev–Trinajstić information content (AvgIpc) is 3.17. The van der Waals surface area contributed by atoms with Crippen molar-refractivity contribution in [3.63, 3.8) is 0 Å². The number of nitrogens with zero attached hydrogens (tertiary/aromatic N) is 2. The molecule has 1 aliphatic heterocycles. The van der Waals surface area contributed by atoms with Crippen LogP contribution in [0, 0.1) is 0 Å². The van der Waals surface area contributed by atoms with E-state index in [2.05, 4.69) is 5.32 Å². The van der Waals surface area contributed by atoms with E-state index in [1.807, 2.05) is 66.5 Å². The monoisotopic (exact) mass is 413 g/mol. The average molecular weight is 414 g/mol. The number of thiophene rings is 1. The molecule has 1 fully saturated rings. The van der Waals surface area contributed by atoms with Gasteiger partial charge < -0.3 is 5.32 Å². The van der Waals surface area contributed by atoms with Gasteiger partial charge in [0.15, 0.2) is 0 Å². The Hall–Kier alpha value is -2.41. The first kappa shape index (κ1) is 18.9. The summed E-state index contributed by atoms with van der Waals surface area (Å²) in [5.41, 5.74) is -0.298. The number of fused-ring (bicyclic) bond motifs is 1. The van der Waals surface area contributed by atoms with Crippen LogP contribution in [0.15, 0.2) is 54.6 Å². The van der Waals surface area contributed by atoms with E-state index in [1.165, 1.54) is 16.2 Å². The van der Waals surface area contributed by atoms with Crippen LogP contribution in [0.2, 0.25) is 4.34 Å². The summed E-state index contributed by atoms with van der Waals surface area (Å²) < 4.78 is 0.724. The van der Waals surface area contributed by atoms with Crippen molar-refractivity contribution in [2.24, 2.45) is 0 Å². The first-order chi connectivity index (χ1) is 13.4. The predicted molar refractivity (Wildman–Crippen MR) is 112 cm³/mol. The number of hydrogen-bond donors (Lipinski definition) is 1. The number of amides is 3. The fourth-order valence-corrected chi connectivity index (χ4v) is 4.68. The van der Waals surface area contributed by atoms with Gasteiger partial charge in [-0.05, 0) is 48.5 Å². The highest BCUT2D eigenvalue weighted by Gasteiger charge is 2.49. The van der Waals surface area contributed by atoms with Gasteiger partial charge in [0.25, 0.3) is 5.91 Å². The van der Waals surface area contributed by atoms with Crippen LogP contribution in [0.3, 0.4) is 0 Å². The Balaban J connectivity index is 1.55. The molecule has 1 saturated heterocycles. The fraction of sp³-hybridized carbons (Fsp3) is 0.238. The highest BCUT2D eigenvalue weighted by atomic mass is 35.5. The Labute approximate surface area is 172 Å². The minimum Gasteiger partial charge on any atom is -0.319 e. The molecule has 5 nitrogen and oxygen atoms in total. The van der Waals surface area contributed by atoms with Gasteiger partial charge in [0.2, 0.25) is 0 Å². The third-order valence-corrected chi connectivity index (χ3v) is 6.26. The topological polar surface area (TPSA) is 52.6 Å². The molecule has 1 aliphatic rings. The molecule has 144 valence electrons. The third kappa shape index (κ3) is 3.39. The summed E-state index contributed by atoms with van der Waals surface area (Å²) in [6, 6.07) is 17.2. The van der Waals surface area contributed by atoms with Gasteiger partial charge in [0.1, 0.15) is 5.54 Å². The molecule has 0 bridgehead atoms. The minimum absolute atomic E-state index is 0.212. The number of rotatable bonds is 5. The summed E-state index contributed by atoms with van der Waals surface area (Å²) in [7, 11) is 1.87. The molecule has 7 heteroatoms. The Bertz CT molecular complexity index is 1070. The van der Waals surface area contributed by atoms with Gasteiger partial charge in [0, 0.05) is 11.4 Å². The van der Waals surface area contributed by atoms with Crippen molar-refractivity contribution >= 4 is 45.6 Å². The lowest BCUT2D eigenvalue weighted by molar-refractivity contribution is -0.132. The van der Waals surface area contributed by atoms with Crippen LogP contribution in [-0.4, -0.2) is 35.5 Å². The lowest BCUT2D eigenvalue weighted by Crippen LogP contribution is -2.42. The second-order valence-electron chi connectivity index (χ2n) is 7.21. The zero-order valence-electron chi connectivity index (χ0n) is 15.6. The number of urea groups is 1. The molecule has 1 N–H and O–H groups in total. The summed E-state index contributed by atoms with van der Waals surface area (Å²) in [6.07, 6.45) is 0. The number of carbonyl (C=O) groups excluding carboxylic acids is 2. The Kier molecular flexibility index (Phi) is 4.87. The van der Waals surface area contributed by atoms with Crippen molar-refractivity contribution in [1.29, 1.82) is 0 Å². The quantitative estimate of drug-likeness (QED) is 0.630. The van der Waals surface area contributed by atoms with Crippen LogP contribution < -0.4 is 5.32 Å². The zero-order chi connectivity index (χ0) is 19.9. The van der Waals surface area contributed by atoms with Gasteiger partial charge in [-0.2, -0.15) is 0 Å². The zero-order valence-corrected chi connectivity index (χ0v) is 17.2. The third-order valence-electron chi connectivity index (χ3n) is 5.04. The number of halogens is 1. The Morgan fingerprint density at radius 2 is 1.86 bits per heavy atom. The number of imide groups is 1. The maximum absolute atomic E-state index is 13.2. The largest absolute Gasteiger partial charge is 0.326 e. The predicted octanol–water partition coefficient (Wildman–Crippen LogP) is 4.41. The van der Waals surface area contributed by atoms with Gasteiger partial charge in [-0.15, -0.1) is 11.3 Å². The summed E-state index contributed by atoms with van der Waals surface area (Å²) in [5.74, 6) is -0.246. The van der Waals surface area contributed by atoms with Gasteiger partial charge >= 0.3 is 6.03 Å². The fourth-order valence-electron chi connectivity index (χ4n) is 3.52. The summed E-state index contributed by atoms with van der Waals surface area (Å²) in [6.45, 7) is 2.58. The van der Waals surface area contributed by atoms with E-state index in [0.29, 0.717) is 6.54 Å². The second kappa shape index (κ2) is 7.20. The summed E-state index contributed by atoms with van der Waals surface area (Å²) >= 11 is 7.47. The number of carbonyl (C=O) groups is 2. The lowest BCUT2D eigenvalue weighted by atomic mass is 9.90. The normalized spacial score (nSPS) is 19.6. The van der Waals surface area contributed by atoms with E-state index >= 15 is 0 Å². The van der Waals surface area contributed by atoms with Gasteiger partial charge in [-0.25, -0.2) is 9.69 Å². The molecule has 28 heavy (non-hydrogen) atoms. The van der Waals surface area contributed by atoms with Crippen LogP contribution in [0.4, 0.5) is 4.79 Å². The molecule has 0 saturated carbocycles. The number of benzene rings is 2. The highest BCUT2D eigenvalue weighted by Crippen LogP contribution is 2.31. The van der Waals surface area contributed by atoms with E-state index in [4.69, 9.17) is 11.6 Å². The van der Waals surface area contributed by atoms with Crippen molar-refractivity contribution in [3.05, 3.63) is 69.4 Å². The van der Waals surface area contributed by atoms with E-state index in [1.54, 1.807) is 6.92 Å². The van der Waals surface area contributed by atoms with Crippen molar-refractivity contribution in [3.8, 4) is 0 Å². The molecule has 3 amide bonds. The number of nitrogens with one attached hydrogen (secondary N) is 1. The van der Waals surface area contributed by atoms with E-state index in [-0.39, 0.29) is 18.6 Å². The van der Waals surface area contributed by atoms with Crippen LogP contribution >= 0.6 is 22.9 Å². The van der Waals surface area contributed by atoms with E-state index in [9.17, 15) is 9.59 Å². The molecule has 1 atom stereocenters. The van der Waals surface area contributed by atoms with Crippen molar-refractivity contribution in [2.45, 2.75) is 19.0 Å². The van der Waals surface area contributed by atoms with E-state index < -0.39 is 5.54 Å². The molecular weight excluding hydrogens is 394 g/mol. The van der Waals surface area contributed by atoms with Gasteiger partial charge in [-0.1, -0.05) is 48.0 Å². The number of hydrogen-bond acceptors (Lipinski definition) is 4. The van der Waals surface area contributed by atoms with Crippen LogP contribution in [0.5, 0.6) is 0 Å². The molecule has 0 spiro atoms. The van der Waals surface area contributed by atoms with Crippen molar-refractivity contribution in [1.82, 2.24) is 15.1 Å². The Morgan fingerprint density at radius 3 is 2.57 bits per heavy atom. The van der Waals surface area contributed by atoms with Crippen LogP contribution in [0.25, 0.3) is 10.8 Å². The first-order valence-corrected chi connectivity index (χ1v) is 10.1. The maximum atomic E-state index is 13.2. The first-order valence-electron chi connectivity index (χ1n) is 8.93. The molecule has 1 aromatic heterocycles. The molecule has 4 rings (SSSR count). The molecule has 2 heterocycles. The maximum Gasteiger partial charge on any atom is 0.326 e. The van der Waals surface area contributed by atoms with Gasteiger partial charge in [-0.3, -0.25) is 9.69 Å². The molecule has 0 aliphatic carbocycles. The molecule has 0 unspecified atom stereocenters.